The molecule has 6 saturated carbocycles. The van der Waals surface area contributed by atoms with Crippen molar-refractivity contribution in [1.82, 2.24) is 0 Å². The molecular weight excluding hydrogens is 715 g/mol. The Morgan fingerprint density at radius 1 is 0.383 bits per heavy atom. The van der Waals surface area contributed by atoms with Gasteiger partial charge in [-0.15, -0.1) is 0 Å². The molecule has 0 aromatic heterocycles. The summed E-state index contributed by atoms with van der Waals surface area (Å²) < 4.78 is 0.773. The molecule has 0 radical (unpaired) electrons. The average molecular weight is 787 g/mol. The van der Waals surface area contributed by atoms with E-state index in [1.807, 2.05) is 30.3 Å². The fourth-order valence-electron chi connectivity index (χ4n) is 10.6. The molecule has 6 fully saturated rings. The summed E-state index contributed by atoms with van der Waals surface area (Å²) in [7, 11) is 0.770. The molecule has 47 heavy (non-hydrogen) atoms. The van der Waals surface area contributed by atoms with Gasteiger partial charge in [-0.25, -0.2) is 0 Å². The van der Waals surface area contributed by atoms with E-state index in [-0.39, 0.29) is 0 Å². The van der Waals surface area contributed by atoms with Gasteiger partial charge in [0.2, 0.25) is 0 Å². The van der Waals surface area contributed by atoms with Crippen LogP contribution in [0, 0.1) is 0 Å². The summed E-state index contributed by atoms with van der Waals surface area (Å²) in [5.41, 5.74) is 8.20. The minimum absolute atomic E-state index is 0.385. The maximum absolute atomic E-state index is 5.69. The normalized spacial score (nSPS) is 25.1. The number of rotatable bonds is 7. The molecule has 0 unspecified atom stereocenters. The fraction of sp³-hybridized carbons (Fsp3) is 0.837. The van der Waals surface area contributed by atoms with E-state index in [1.165, 1.54) is 72.5 Å². The Labute approximate surface area is 309 Å². The van der Waals surface area contributed by atoms with E-state index >= 15 is 0 Å². The SMILES string of the molecule is C1CCC(P(C2CCCCC2)C2CCCCC2)CC1.C1CCC(P(C2CCCCC2)C2CCCCC2)CC1.Cl[C](=[Ru])c1ccccc1. The summed E-state index contributed by atoms with van der Waals surface area (Å²) in [6, 6.07) is 9.83. The van der Waals surface area contributed by atoms with Crippen LogP contribution >= 0.6 is 27.4 Å². The van der Waals surface area contributed by atoms with Crippen LogP contribution in [-0.4, -0.2) is 37.5 Å². The van der Waals surface area contributed by atoms with Crippen molar-refractivity contribution in [2.45, 2.75) is 227 Å². The second-order valence-electron chi connectivity index (χ2n) is 16.3. The van der Waals surface area contributed by atoms with Crippen LogP contribution in [0.25, 0.3) is 0 Å². The third-order valence-electron chi connectivity index (χ3n) is 13.0. The van der Waals surface area contributed by atoms with Crippen molar-refractivity contribution >= 4 is 31.0 Å². The van der Waals surface area contributed by atoms with Crippen LogP contribution in [0.15, 0.2) is 30.3 Å². The van der Waals surface area contributed by atoms with E-state index in [0.29, 0.717) is 15.8 Å². The van der Waals surface area contributed by atoms with Gasteiger partial charge in [0, 0.05) is 0 Å². The van der Waals surface area contributed by atoms with Crippen LogP contribution in [0.3, 0.4) is 0 Å². The Morgan fingerprint density at radius 3 is 0.766 bits per heavy atom. The summed E-state index contributed by atoms with van der Waals surface area (Å²) in [4.78, 5) is 0. The Morgan fingerprint density at radius 2 is 0.596 bits per heavy atom. The summed E-state index contributed by atoms with van der Waals surface area (Å²) >= 11 is 8.05. The molecule has 0 atom stereocenters. The molecule has 0 bridgehead atoms. The molecule has 0 spiro atoms. The molecule has 0 aliphatic heterocycles. The van der Waals surface area contributed by atoms with Crippen LogP contribution in [0.5, 0.6) is 0 Å². The van der Waals surface area contributed by atoms with Crippen LogP contribution in [-0.2, 0) is 17.9 Å². The summed E-state index contributed by atoms with van der Waals surface area (Å²) in [5, 5.41) is 0. The first-order valence-electron chi connectivity index (χ1n) is 21.0. The fourth-order valence-corrected chi connectivity index (χ4v) is 20.4. The van der Waals surface area contributed by atoms with Gasteiger partial charge in [0.1, 0.15) is 0 Å². The zero-order chi connectivity index (χ0) is 32.5. The molecule has 0 N–H and O–H groups in total. The average Bonchev–Trinajstić information content (AvgIpc) is 3.15. The van der Waals surface area contributed by atoms with Gasteiger partial charge >= 0.3 is 68.9 Å². The van der Waals surface area contributed by atoms with Gasteiger partial charge in [-0.3, -0.25) is 0 Å². The van der Waals surface area contributed by atoms with E-state index in [0.717, 1.165) is 9.13 Å². The molecule has 6 aliphatic rings. The first-order chi connectivity index (χ1) is 23.2. The van der Waals surface area contributed by atoms with E-state index in [2.05, 4.69) is 17.9 Å². The number of benzene rings is 1. The molecule has 1 aromatic rings. The standard InChI is InChI=1S/2C18H33P.C7H5Cl.Ru/c2*1-4-10-16(11-5-1)19(17-12-6-2-7-13-17)18-14-8-3-9-15-18;8-6-7-4-2-1-3-5-7;/h2*16-18H,1-15H2;1-5H;. The third kappa shape index (κ3) is 13.1. The van der Waals surface area contributed by atoms with E-state index in [4.69, 9.17) is 11.6 Å². The Hall–Kier alpha value is 0.863. The summed E-state index contributed by atoms with van der Waals surface area (Å²) in [5.74, 6) is 0. The second kappa shape index (κ2) is 22.7. The van der Waals surface area contributed by atoms with Crippen molar-refractivity contribution in [3.05, 3.63) is 35.9 Å². The minimum atomic E-state index is 0.385. The number of hydrogen-bond donors (Lipinski definition) is 0. The molecule has 1 aromatic carbocycles. The van der Waals surface area contributed by atoms with Crippen molar-refractivity contribution in [3.63, 3.8) is 0 Å². The first kappa shape index (κ1) is 39.1. The monoisotopic (exact) mass is 786 g/mol. The van der Waals surface area contributed by atoms with Crippen LogP contribution in [0.2, 0.25) is 0 Å². The molecule has 0 heterocycles. The van der Waals surface area contributed by atoms with Gasteiger partial charge in [0.15, 0.2) is 0 Å². The third-order valence-corrected chi connectivity index (χ3v) is 21.8. The predicted octanol–water partition coefficient (Wildman–Crippen LogP) is 14.9. The van der Waals surface area contributed by atoms with Crippen molar-refractivity contribution in [2.24, 2.45) is 0 Å². The van der Waals surface area contributed by atoms with E-state index < -0.39 is 0 Å². The molecule has 4 heteroatoms. The van der Waals surface area contributed by atoms with Crippen LogP contribution in [0.4, 0.5) is 0 Å². The van der Waals surface area contributed by atoms with Gasteiger partial charge in [-0.05, 0) is 111 Å². The summed E-state index contributed by atoms with van der Waals surface area (Å²) in [6.45, 7) is 0. The zero-order valence-corrected chi connectivity index (χ0v) is 34.5. The molecule has 268 valence electrons. The zero-order valence-electron chi connectivity index (χ0n) is 30.2. The molecule has 0 nitrogen and oxygen atoms in total. The Bertz CT molecular complexity index is 810. The molecule has 0 saturated heterocycles. The molecule has 0 amide bonds. The van der Waals surface area contributed by atoms with E-state index in [9.17, 15) is 0 Å². The van der Waals surface area contributed by atoms with Gasteiger partial charge in [-0.2, -0.15) is 0 Å². The quantitative estimate of drug-likeness (QED) is 0.191. The van der Waals surface area contributed by atoms with Gasteiger partial charge < -0.3 is 0 Å². The van der Waals surface area contributed by atoms with Crippen molar-refractivity contribution in [2.75, 3.05) is 0 Å². The van der Waals surface area contributed by atoms with E-state index in [1.54, 1.807) is 154 Å². The van der Waals surface area contributed by atoms with Crippen molar-refractivity contribution < 1.29 is 17.9 Å². The molecule has 7 rings (SSSR count). The maximum atomic E-state index is 5.69. The molecular formula is C43H71ClP2Ru. The van der Waals surface area contributed by atoms with Gasteiger partial charge in [0.25, 0.3) is 0 Å². The summed E-state index contributed by atoms with van der Waals surface area (Å²) in [6.07, 6.45) is 47.2. The molecule has 6 aliphatic carbocycles. The number of hydrogen-bond acceptors (Lipinski definition) is 0. The van der Waals surface area contributed by atoms with Crippen molar-refractivity contribution in [1.29, 1.82) is 0 Å². The Kier molecular flexibility index (Phi) is 18.9. The second-order valence-corrected chi connectivity index (χ2v) is 24.2. The Balaban J connectivity index is 0.000000148. The van der Waals surface area contributed by atoms with Crippen LogP contribution < -0.4 is 0 Å². The van der Waals surface area contributed by atoms with Gasteiger partial charge in [-0.1, -0.05) is 131 Å². The van der Waals surface area contributed by atoms with Crippen molar-refractivity contribution in [3.8, 4) is 0 Å². The number of halogens is 1. The van der Waals surface area contributed by atoms with Gasteiger partial charge in [0.05, 0.1) is 0 Å². The topological polar surface area (TPSA) is 0 Å². The predicted molar refractivity (Wildman–Crippen MR) is 211 cm³/mol. The van der Waals surface area contributed by atoms with Crippen LogP contribution in [0.1, 0.15) is 198 Å². The first-order valence-corrected chi connectivity index (χ1v) is 25.3.